The largest absolute Gasteiger partial charge is 0.452 e. The maximum Gasteiger partial charge on any atom is 0.345 e. The number of benzene rings is 3. The summed E-state index contributed by atoms with van der Waals surface area (Å²) in [5.74, 6) is -0.308. The topological polar surface area (TPSA) is 55.8 Å². The fourth-order valence-electron chi connectivity index (χ4n) is 5.89. The van der Waals surface area contributed by atoms with E-state index in [9.17, 15) is 9.59 Å². The summed E-state index contributed by atoms with van der Waals surface area (Å²) in [6.07, 6.45) is 10.8. The van der Waals surface area contributed by atoms with Crippen LogP contribution in [0.1, 0.15) is 98.4 Å². The molecule has 1 aliphatic carbocycles. The Kier molecular flexibility index (Phi) is 8.58. The average Bonchev–Trinajstić information content (AvgIpc) is 3.47. The van der Waals surface area contributed by atoms with Gasteiger partial charge in [-0.3, -0.25) is 4.79 Å². The second-order valence-electron chi connectivity index (χ2n) is 11.7. The van der Waals surface area contributed by atoms with E-state index >= 15 is 0 Å². The number of anilines is 1. The smallest absolute Gasteiger partial charge is 0.345 e. The molecule has 0 spiro atoms. The van der Waals surface area contributed by atoms with Crippen LogP contribution in [0.25, 0.3) is 11.1 Å². The van der Waals surface area contributed by atoms with E-state index in [4.69, 9.17) is 9.47 Å². The van der Waals surface area contributed by atoms with Gasteiger partial charge in [0.2, 0.25) is 5.79 Å². The molecule has 0 bridgehead atoms. The molecule has 0 N–H and O–H groups in total. The minimum absolute atomic E-state index is 0.0505. The highest BCUT2D eigenvalue weighted by Crippen LogP contribution is 2.35. The summed E-state index contributed by atoms with van der Waals surface area (Å²) < 4.78 is 11.3. The van der Waals surface area contributed by atoms with Gasteiger partial charge in [-0.1, -0.05) is 75.4 Å². The lowest BCUT2D eigenvalue weighted by atomic mass is 10.00. The van der Waals surface area contributed by atoms with Crippen LogP contribution in [0.3, 0.4) is 0 Å². The van der Waals surface area contributed by atoms with Crippen LogP contribution < -0.4 is 9.64 Å². The van der Waals surface area contributed by atoms with Gasteiger partial charge in [0.1, 0.15) is 11.3 Å². The minimum Gasteiger partial charge on any atom is -0.452 e. The van der Waals surface area contributed by atoms with Crippen LogP contribution in [0.5, 0.6) is 5.75 Å². The molecular formula is C35H41NO4. The van der Waals surface area contributed by atoms with Crippen LogP contribution in [0.4, 0.5) is 5.69 Å². The lowest BCUT2D eigenvalue weighted by molar-refractivity contribution is -0.127. The van der Waals surface area contributed by atoms with Gasteiger partial charge < -0.3 is 14.4 Å². The molecule has 0 aromatic heterocycles. The number of amides is 1. The van der Waals surface area contributed by atoms with Gasteiger partial charge in [-0.05, 0) is 72.6 Å². The lowest BCUT2D eigenvalue weighted by Crippen LogP contribution is -2.39. The molecule has 5 rings (SSSR count). The maximum atomic E-state index is 13.9. The number of hydrogen-bond acceptors (Lipinski definition) is 4. The number of fused-ring (bicyclic) bond motifs is 1. The highest BCUT2D eigenvalue weighted by atomic mass is 16.7. The molecule has 3 aromatic carbocycles. The van der Waals surface area contributed by atoms with E-state index in [0.717, 1.165) is 42.0 Å². The predicted molar refractivity (Wildman–Crippen MR) is 160 cm³/mol. The Bertz CT molecular complexity index is 1320. The van der Waals surface area contributed by atoms with Crippen molar-refractivity contribution in [2.24, 2.45) is 5.92 Å². The van der Waals surface area contributed by atoms with E-state index in [1.807, 2.05) is 35.2 Å². The van der Waals surface area contributed by atoms with E-state index < -0.39 is 11.8 Å². The minimum atomic E-state index is -1.05. The number of carbonyl (C=O) groups excluding carboxylic acids is 2. The number of hydrogen-bond donors (Lipinski definition) is 0. The normalized spacial score (nSPS) is 16.2. The zero-order valence-electron chi connectivity index (χ0n) is 24.1. The standard InChI is InChI=1S/C35H41NO4/c1-4-5-9-26-13-15-27(16-14-26)28-17-19-29(20-18-28)33(37)36(23-8-12-25-10-6-7-11-25)30-21-22-31-32(24-30)39-35(2,3)40-34(31)38/h13-22,24-25H,4-12,23H2,1-3H3. The molecule has 0 atom stereocenters. The fourth-order valence-corrected chi connectivity index (χ4v) is 5.89. The second-order valence-corrected chi connectivity index (χ2v) is 11.7. The lowest BCUT2D eigenvalue weighted by Gasteiger charge is -2.32. The van der Waals surface area contributed by atoms with Gasteiger partial charge in [-0.2, -0.15) is 0 Å². The van der Waals surface area contributed by atoms with Crippen molar-refractivity contribution in [3.05, 3.63) is 83.4 Å². The van der Waals surface area contributed by atoms with Crippen molar-refractivity contribution in [3.8, 4) is 16.9 Å². The molecule has 0 radical (unpaired) electrons. The van der Waals surface area contributed by atoms with Crippen LogP contribution >= 0.6 is 0 Å². The highest BCUT2D eigenvalue weighted by molar-refractivity contribution is 6.07. The first kappa shape index (κ1) is 27.9. The number of ether oxygens (including phenoxy) is 2. The summed E-state index contributed by atoms with van der Waals surface area (Å²) >= 11 is 0. The third-order valence-corrected chi connectivity index (χ3v) is 8.14. The van der Waals surface area contributed by atoms with Crippen molar-refractivity contribution in [2.45, 2.75) is 84.3 Å². The Morgan fingerprint density at radius 3 is 2.25 bits per heavy atom. The Morgan fingerprint density at radius 2 is 1.57 bits per heavy atom. The van der Waals surface area contributed by atoms with Gasteiger partial charge in [-0.15, -0.1) is 0 Å². The molecule has 1 fully saturated rings. The summed E-state index contributed by atoms with van der Waals surface area (Å²) in [7, 11) is 0. The first-order valence-corrected chi connectivity index (χ1v) is 14.9. The number of carbonyl (C=O) groups is 2. The number of esters is 1. The average molecular weight is 540 g/mol. The summed E-state index contributed by atoms with van der Waals surface area (Å²) in [5.41, 5.74) is 5.35. The van der Waals surface area contributed by atoms with E-state index in [0.29, 0.717) is 23.4 Å². The third kappa shape index (κ3) is 6.57. The number of cyclic esters (lactones) is 1. The third-order valence-electron chi connectivity index (χ3n) is 8.14. The Morgan fingerprint density at radius 1 is 0.900 bits per heavy atom. The van der Waals surface area contributed by atoms with Gasteiger partial charge in [0, 0.05) is 37.7 Å². The Hall–Kier alpha value is -3.60. The molecule has 1 saturated carbocycles. The molecule has 3 aromatic rings. The molecule has 1 amide bonds. The van der Waals surface area contributed by atoms with Gasteiger partial charge >= 0.3 is 5.97 Å². The van der Waals surface area contributed by atoms with Crippen molar-refractivity contribution in [2.75, 3.05) is 11.4 Å². The summed E-state index contributed by atoms with van der Waals surface area (Å²) in [6, 6.07) is 21.9. The highest BCUT2D eigenvalue weighted by Gasteiger charge is 2.34. The second kappa shape index (κ2) is 12.3. The van der Waals surface area contributed by atoms with Crippen LogP contribution in [-0.4, -0.2) is 24.2 Å². The number of nitrogens with zero attached hydrogens (tertiary/aromatic N) is 1. The number of unbranched alkanes of at least 4 members (excludes halogenated alkanes) is 1. The van der Waals surface area contributed by atoms with Crippen molar-refractivity contribution in [1.29, 1.82) is 0 Å². The van der Waals surface area contributed by atoms with Gasteiger partial charge in [0.25, 0.3) is 5.91 Å². The first-order valence-electron chi connectivity index (χ1n) is 14.9. The molecular weight excluding hydrogens is 498 g/mol. The van der Waals surface area contributed by atoms with Crippen LogP contribution in [-0.2, 0) is 11.2 Å². The predicted octanol–water partition coefficient (Wildman–Crippen LogP) is 8.60. The summed E-state index contributed by atoms with van der Waals surface area (Å²) in [5, 5.41) is 0. The molecule has 2 aliphatic rings. The summed E-state index contributed by atoms with van der Waals surface area (Å²) in [4.78, 5) is 28.2. The molecule has 0 unspecified atom stereocenters. The van der Waals surface area contributed by atoms with Crippen molar-refractivity contribution in [3.63, 3.8) is 0 Å². The Balaban J connectivity index is 1.37. The van der Waals surface area contributed by atoms with E-state index in [1.54, 1.807) is 26.0 Å². The summed E-state index contributed by atoms with van der Waals surface area (Å²) in [6.45, 7) is 6.25. The molecule has 40 heavy (non-hydrogen) atoms. The molecule has 1 aliphatic heterocycles. The monoisotopic (exact) mass is 539 g/mol. The quantitative estimate of drug-likeness (QED) is 0.242. The zero-order chi connectivity index (χ0) is 28.1. The van der Waals surface area contributed by atoms with Crippen molar-refractivity contribution >= 4 is 17.6 Å². The maximum absolute atomic E-state index is 13.9. The number of rotatable bonds is 10. The molecule has 210 valence electrons. The molecule has 5 nitrogen and oxygen atoms in total. The van der Waals surface area contributed by atoms with Crippen LogP contribution in [0.15, 0.2) is 66.7 Å². The van der Waals surface area contributed by atoms with E-state index in [1.165, 1.54) is 44.1 Å². The van der Waals surface area contributed by atoms with E-state index in [-0.39, 0.29) is 5.91 Å². The fraction of sp³-hybridized carbons (Fsp3) is 0.429. The van der Waals surface area contributed by atoms with Gasteiger partial charge in [0.15, 0.2) is 0 Å². The molecule has 5 heteroatoms. The van der Waals surface area contributed by atoms with Gasteiger partial charge in [-0.25, -0.2) is 4.79 Å². The van der Waals surface area contributed by atoms with Crippen molar-refractivity contribution < 1.29 is 19.1 Å². The Labute approximate surface area is 238 Å². The van der Waals surface area contributed by atoms with Crippen LogP contribution in [0, 0.1) is 5.92 Å². The number of aryl methyl sites for hydroxylation is 1. The zero-order valence-corrected chi connectivity index (χ0v) is 24.1. The van der Waals surface area contributed by atoms with Gasteiger partial charge in [0.05, 0.1) is 0 Å². The first-order chi connectivity index (χ1) is 19.3. The van der Waals surface area contributed by atoms with Crippen molar-refractivity contribution in [1.82, 2.24) is 0 Å². The van der Waals surface area contributed by atoms with Crippen LogP contribution in [0.2, 0.25) is 0 Å². The molecule has 1 heterocycles. The molecule has 0 saturated heterocycles. The van der Waals surface area contributed by atoms with E-state index in [2.05, 4.69) is 31.2 Å². The SMILES string of the molecule is CCCCc1ccc(-c2ccc(C(=O)N(CCCC3CCCC3)c3ccc4c(c3)OC(C)(C)OC4=O)cc2)cc1.